The Bertz CT molecular complexity index is 282. The minimum absolute atomic E-state index is 0.0863. The quantitative estimate of drug-likeness (QED) is 0.761. The molecule has 1 N–H and O–H groups in total. The van der Waals surface area contributed by atoms with Crippen molar-refractivity contribution >= 4 is 11.9 Å². The fourth-order valence-electron chi connectivity index (χ4n) is 2.34. The number of nitrogens with zero attached hydrogens (tertiary/aromatic N) is 1. The molecule has 1 atom stereocenters. The molecule has 15 heavy (non-hydrogen) atoms. The monoisotopic (exact) mass is 211 g/mol. The van der Waals surface area contributed by atoms with E-state index in [-0.39, 0.29) is 17.9 Å². The number of amides is 1. The van der Waals surface area contributed by atoms with Crippen LogP contribution in [-0.4, -0.2) is 34.0 Å². The summed E-state index contributed by atoms with van der Waals surface area (Å²) in [4.78, 5) is 24.3. The van der Waals surface area contributed by atoms with E-state index in [1.165, 1.54) is 6.92 Å². The summed E-state index contributed by atoms with van der Waals surface area (Å²) in [5.74, 6) is -0.731. The molecule has 2 aliphatic carbocycles. The van der Waals surface area contributed by atoms with E-state index in [9.17, 15) is 14.7 Å². The molecule has 0 radical (unpaired) electrons. The Morgan fingerprint density at radius 2 is 1.87 bits per heavy atom. The average molecular weight is 211 g/mol. The van der Waals surface area contributed by atoms with Gasteiger partial charge in [0, 0.05) is 13.0 Å². The predicted molar refractivity (Wildman–Crippen MR) is 54.3 cm³/mol. The van der Waals surface area contributed by atoms with Crippen molar-refractivity contribution in [3.63, 3.8) is 0 Å². The SMILES string of the molecule is CC(=O)N(C1CC1)C(C(=O)O)C1CCC1. The first-order valence-electron chi connectivity index (χ1n) is 5.63. The third-order valence-electron chi connectivity index (χ3n) is 3.45. The lowest BCUT2D eigenvalue weighted by molar-refractivity contribution is -0.154. The summed E-state index contributed by atoms with van der Waals surface area (Å²) < 4.78 is 0. The van der Waals surface area contributed by atoms with E-state index in [1.807, 2.05) is 0 Å². The van der Waals surface area contributed by atoms with Crippen LogP contribution in [0.25, 0.3) is 0 Å². The van der Waals surface area contributed by atoms with E-state index in [0.717, 1.165) is 32.1 Å². The molecule has 0 heterocycles. The van der Waals surface area contributed by atoms with Gasteiger partial charge in [0.05, 0.1) is 0 Å². The molecular formula is C11H17NO3. The normalized spacial score (nSPS) is 23.0. The van der Waals surface area contributed by atoms with E-state index < -0.39 is 12.0 Å². The number of hydrogen-bond donors (Lipinski definition) is 1. The zero-order valence-electron chi connectivity index (χ0n) is 8.98. The van der Waals surface area contributed by atoms with Gasteiger partial charge in [0.15, 0.2) is 0 Å². The molecule has 0 spiro atoms. The van der Waals surface area contributed by atoms with Crippen LogP contribution < -0.4 is 0 Å². The number of carboxylic acid groups (broad SMARTS) is 1. The highest BCUT2D eigenvalue weighted by atomic mass is 16.4. The van der Waals surface area contributed by atoms with E-state index in [1.54, 1.807) is 4.90 Å². The number of carbonyl (C=O) groups excluding carboxylic acids is 1. The van der Waals surface area contributed by atoms with Crippen molar-refractivity contribution in [1.29, 1.82) is 0 Å². The first-order chi connectivity index (χ1) is 7.11. The van der Waals surface area contributed by atoms with Crippen molar-refractivity contribution in [1.82, 2.24) is 4.90 Å². The molecule has 2 aliphatic rings. The fourth-order valence-corrected chi connectivity index (χ4v) is 2.34. The van der Waals surface area contributed by atoms with Gasteiger partial charge in [0.2, 0.25) is 5.91 Å². The van der Waals surface area contributed by atoms with Crippen molar-refractivity contribution in [2.75, 3.05) is 0 Å². The van der Waals surface area contributed by atoms with E-state index in [4.69, 9.17) is 0 Å². The van der Waals surface area contributed by atoms with Crippen molar-refractivity contribution in [3.8, 4) is 0 Å². The summed E-state index contributed by atoms with van der Waals surface area (Å²) in [6.07, 6.45) is 4.94. The van der Waals surface area contributed by atoms with Crippen LogP contribution in [-0.2, 0) is 9.59 Å². The molecular weight excluding hydrogens is 194 g/mol. The van der Waals surface area contributed by atoms with Gasteiger partial charge < -0.3 is 10.0 Å². The Balaban J connectivity index is 2.12. The average Bonchev–Trinajstić information content (AvgIpc) is 2.82. The van der Waals surface area contributed by atoms with Gasteiger partial charge in [-0.25, -0.2) is 4.79 Å². The third-order valence-corrected chi connectivity index (χ3v) is 3.45. The van der Waals surface area contributed by atoms with Gasteiger partial charge in [0.1, 0.15) is 6.04 Å². The lowest BCUT2D eigenvalue weighted by Crippen LogP contribution is -2.51. The van der Waals surface area contributed by atoms with Crippen LogP contribution in [0.2, 0.25) is 0 Å². The van der Waals surface area contributed by atoms with Crippen molar-refractivity contribution in [2.45, 2.75) is 51.1 Å². The second-order valence-corrected chi connectivity index (χ2v) is 4.63. The maximum atomic E-state index is 11.5. The van der Waals surface area contributed by atoms with Gasteiger partial charge in [-0.05, 0) is 31.6 Å². The Hall–Kier alpha value is -1.06. The summed E-state index contributed by atoms with van der Waals surface area (Å²) in [7, 11) is 0. The highest BCUT2D eigenvalue weighted by Gasteiger charge is 2.44. The topological polar surface area (TPSA) is 57.6 Å². The van der Waals surface area contributed by atoms with E-state index in [2.05, 4.69) is 0 Å². The molecule has 0 aromatic rings. The summed E-state index contributed by atoms with van der Waals surface area (Å²) in [5.41, 5.74) is 0. The number of hydrogen-bond acceptors (Lipinski definition) is 2. The number of rotatable bonds is 4. The highest BCUT2D eigenvalue weighted by Crippen LogP contribution is 2.37. The van der Waals surface area contributed by atoms with Crippen molar-refractivity contribution in [2.24, 2.45) is 5.92 Å². The van der Waals surface area contributed by atoms with Crippen LogP contribution in [0.15, 0.2) is 0 Å². The van der Waals surface area contributed by atoms with Gasteiger partial charge >= 0.3 is 5.97 Å². The molecule has 0 aromatic heterocycles. The fraction of sp³-hybridized carbons (Fsp3) is 0.818. The molecule has 0 saturated heterocycles. The molecule has 4 nitrogen and oxygen atoms in total. The van der Waals surface area contributed by atoms with E-state index >= 15 is 0 Å². The van der Waals surface area contributed by atoms with Gasteiger partial charge in [-0.3, -0.25) is 4.79 Å². The Kier molecular flexibility index (Phi) is 2.67. The summed E-state index contributed by atoms with van der Waals surface area (Å²) in [5, 5.41) is 9.21. The smallest absolute Gasteiger partial charge is 0.326 e. The summed E-state index contributed by atoms with van der Waals surface area (Å²) in [6.45, 7) is 1.48. The van der Waals surface area contributed by atoms with Gasteiger partial charge in [-0.15, -0.1) is 0 Å². The minimum Gasteiger partial charge on any atom is -0.480 e. The Morgan fingerprint density at radius 1 is 1.27 bits per heavy atom. The zero-order valence-corrected chi connectivity index (χ0v) is 8.98. The summed E-state index contributed by atoms with van der Waals surface area (Å²) >= 11 is 0. The van der Waals surface area contributed by atoms with Crippen LogP contribution in [0.4, 0.5) is 0 Å². The molecule has 84 valence electrons. The first-order valence-corrected chi connectivity index (χ1v) is 5.63. The largest absolute Gasteiger partial charge is 0.480 e. The van der Waals surface area contributed by atoms with Gasteiger partial charge in [-0.2, -0.15) is 0 Å². The standard InChI is InChI=1S/C11H17NO3/c1-7(13)12(9-5-6-9)10(11(14)15)8-3-2-4-8/h8-10H,2-6H2,1H3,(H,14,15). The molecule has 2 fully saturated rings. The molecule has 0 aromatic carbocycles. The molecule has 2 rings (SSSR count). The molecule has 4 heteroatoms. The second kappa shape index (κ2) is 3.83. The molecule has 1 amide bonds. The first kappa shape index (κ1) is 10.5. The molecule has 2 saturated carbocycles. The van der Waals surface area contributed by atoms with E-state index in [0.29, 0.717) is 0 Å². The number of carboxylic acids is 1. The lowest BCUT2D eigenvalue weighted by Gasteiger charge is -2.38. The van der Waals surface area contributed by atoms with Crippen LogP contribution >= 0.6 is 0 Å². The maximum absolute atomic E-state index is 11.5. The van der Waals surface area contributed by atoms with Gasteiger partial charge in [0.25, 0.3) is 0 Å². The Labute approximate surface area is 89.3 Å². The van der Waals surface area contributed by atoms with Gasteiger partial charge in [-0.1, -0.05) is 6.42 Å². The van der Waals surface area contributed by atoms with Crippen LogP contribution in [0.5, 0.6) is 0 Å². The van der Waals surface area contributed by atoms with Crippen LogP contribution in [0.1, 0.15) is 39.0 Å². The predicted octanol–water partition coefficient (Wildman–Crippen LogP) is 1.25. The molecule has 0 aliphatic heterocycles. The number of carbonyl (C=O) groups is 2. The molecule has 1 unspecified atom stereocenters. The van der Waals surface area contributed by atoms with Crippen LogP contribution in [0.3, 0.4) is 0 Å². The van der Waals surface area contributed by atoms with Crippen molar-refractivity contribution < 1.29 is 14.7 Å². The maximum Gasteiger partial charge on any atom is 0.326 e. The lowest BCUT2D eigenvalue weighted by atomic mass is 9.79. The van der Waals surface area contributed by atoms with Crippen molar-refractivity contribution in [3.05, 3.63) is 0 Å². The minimum atomic E-state index is -0.832. The number of aliphatic carboxylic acids is 1. The third kappa shape index (κ3) is 1.98. The highest BCUT2D eigenvalue weighted by molar-refractivity contribution is 5.83. The van der Waals surface area contributed by atoms with Crippen LogP contribution in [0, 0.1) is 5.92 Å². The second-order valence-electron chi connectivity index (χ2n) is 4.63. The Morgan fingerprint density at radius 3 is 2.13 bits per heavy atom. The zero-order chi connectivity index (χ0) is 11.0. The summed E-state index contributed by atoms with van der Waals surface area (Å²) in [6, 6.07) is -0.368. The molecule has 0 bridgehead atoms.